The lowest BCUT2D eigenvalue weighted by molar-refractivity contribution is -0.138. The first-order valence-corrected chi connectivity index (χ1v) is 11.1. The van der Waals surface area contributed by atoms with Crippen LogP contribution in [-0.4, -0.2) is 43.6 Å². The minimum absolute atomic E-state index is 0.119. The number of rotatable bonds is 2. The summed E-state index contributed by atoms with van der Waals surface area (Å²) in [5.74, 6) is -1.10. The van der Waals surface area contributed by atoms with Crippen LogP contribution in [0.3, 0.4) is 0 Å². The summed E-state index contributed by atoms with van der Waals surface area (Å²) >= 11 is 5.73. The van der Waals surface area contributed by atoms with Crippen LogP contribution in [-0.2, 0) is 4.79 Å². The van der Waals surface area contributed by atoms with Crippen molar-refractivity contribution in [1.29, 1.82) is 0 Å². The van der Waals surface area contributed by atoms with E-state index >= 15 is 0 Å². The van der Waals surface area contributed by atoms with Gasteiger partial charge in [0.15, 0.2) is 5.11 Å². The number of hydrogen-bond acceptors (Lipinski definition) is 5. The first kappa shape index (κ1) is 20.2. The maximum Gasteiger partial charge on any atom is 0.272 e. The predicted octanol–water partition coefficient (Wildman–Crippen LogP) is 3.39. The minimum Gasteiger partial charge on any atom is -0.375 e. The first-order chi connectivity index (χ1) is 15.8. The molecule has 3 heterocycles. The number of anilines is 1. The van der Waals surface area contributed by atoms with E-state index in [9.17, 15) is 18.4 Å². The van der Waals surface area contributed by atoms with Crippen molar-refractivity contribution in [3.05, 3.63) is 69.6 Å². The molecule has 7 nitrogen and oxygen atoms in total. The Hall–Kier alpha value is -3.40. The van der Waals surface area contributed by atoms with E-state index in [-0.39, 0.29) is 11.3 Å². The highest BCUT2D eigenvalue weighted by Gasteiger charge is 2.60. The number of nitrogens with one attached hydrogen (secondary N) is 2. The first-order valence-electron chi connectivity index (χ1n) is 10.7. The molecule has 1 saturated heterocycles. The molecule has 1 amide bonds. The van der Waals surface area contributed by atoms with E-state index in [0.717, 1.165) is 12.5 Å². The van der Waals surface area contributed by atoms with Crippen molar-refractivity contribution < 1.29 is 13.6 Å². The van der Waals surface area contributed by atoms with Gasteiger partial charge in [-0.1, -0.05) is 12.1 Å². The monoisotopic (exact) mass is 467 g/mol. The van der Waals surface area contributed by atoms with Crippen LogP contribution < -0.4 is 10.9 Å². The molecular formula is C23H19F2N5O2S. The maximum atomic E-state index is 14.4. The van der Waals surface area contributed by atoms with Crippen molar-refractivity contribution >= 4 is 39.7 Å². The van der Waals surface area contributed by atoms with Crippen LogP contribution in [0.5, 0.6) is 0 Å². The second-order valence-corrected chi connectivity index (χ2v) is 9.20. The number of H-pyrrole nitrogens is 1. The molecule has 1 saturated carbocycles. The number of amides is 1. The average molecular weight is 468 g/mol. The molecule has 2 aliphatic heterocycles. The zero-order valence-corrected chi connectivity index (χ0v) is 18.4. The van der Waals surface area contributed by atoms with Gasteiger partial charge in [0.2, 0.25) is 0 Å². The molecule has 6 rings (SSSR count). The van der Waals surface area contributed by atoms with Gasteiger partial charge in [-0.2, -0.15) is 5.10 Å². The van der Waals surface area contributed by atoms with Crippen molar-refractivity contribution in [1.82, 2.24) is 20.0 Å². The van der Waals surface area contributed by atoms with Gasteiger partial charge in [0.05, 0.1) is 17.1 Å². The van der Waals surface area contributed by atoms with Gasteiger partial charge >= 0.3 is 0 Å². The molecular weight excluding hydrogens is 448 g/mol. The zero-order chi connectivity index (χ0) is 23.1. The lowest BCUT2D eigenvalue weighted by Crippen LogP contribution is -2.53. The highest BCUT2D eigenvalue weighted by molar-refractivity contribution is 7.80. The molecule has 168 valence electrons. The van der Waals surface area contributed by atoms with Crippen molar-refractivity contribution in [2.75, 3.05) is 12.4 Å². The van der Waals surface area contributed by atoms with Crippen molar-refractivity contribution in [3.8, 4) is 0 Å². The molecule has 33 heavy (non-hydrogen) atoms. The van der Waals surface area contributed by atoms with Gasteiger partial charge < -0.3 is 10.2 Å². The van der Waals surface area contributed by atoms with Gasteiger partial charge in [0.25, 0.3) is 11.5 Å². The number of carbonyl (C=O) groups is 1. The Morgan fingerprint density at radius 2 is 1.85 bits per heavy atom. The van der Waals surface area contributed by atoms with E-state index in [4.69, 9.17) is 12.2 Å². The third-order valence-electron chi connectivity index (χ3n) is 7.23. The van der Waals surface area contributed by atoms with Gasteiger partial charge in [-0.25, -0.2) is 13.9 Å². The van der Waals surface area contributed by atoms with Gasteiger partial charge in [-0.05, 0) is 61.3 Å². The molecule has 2 aromatic carbocycles. The summed E-state index contributed by atoms with van der Waals surface area (Å²) in [5.41, 5.74) is 0.263. The highest BCUT2D eigenvalue weighted by Crippen LogP contribution is 2.51. The largest absolute Gasteiger partial charge is 0.375 e. The summed E-state index contributed by atoms with van der Waals surface area (Å²) in [7, 11) is 1.82. The van der Waals surface area contributed by atoms with Crippen molar-refractivity contribution in [3.63, 3.8) is 0 Å². The number of aromatic amines is 1. The molecule has 0 bridgehead atoms. The lowest BCUT2D eigenvalue weighted by Gasteiger charge is -2.41. The van der Waals surface area contributed by atoms with Crippen LogP contribution in [0.15, 0.2) is 41.2 Å². The number of benzene rings is 2. The number of carbonyl (C=O) groups excluding carboxylic acids is 1. The molecule has 2 N–H and O–H groups in total. The standard InChI is InChI=1S/C23H19F2N5O2S/c1-29-22(33)30(21(32)23(29)7-2-8-23)19-17(11-3-5-12(24)6-4-11)26-15-10-13(25)9-14-16(15)18(19)27-28-20(14)31/h3-6,9-10,17,19,26H,2,7-8H2,1H3,(H,28,31)/t17-,19-/m0/s1. The summed E-state index contributed by atoms with van der Waals surface area (Å²) in [4.78, 5) is 29.6. The number of aromatic nitrogens is 2. The zero-order valence-electron chi connectivity index (χ0n) is 17.6. The second kappa shape index (κ2) is 6.80. The molecule has 1 spiro atoms. The topological polar surface area (TPSA) is 81.3 Å². The lowest BCUT2D eigenvalue weighted by atomic mass is 9.75. The Bertz CT molecular complexity index is 1400. The SMILES string of the molecule is CN1C(=S)N([C@@H]2c3n[nH]c(=O)c4cc(F)cc(c34)N[C@H]2c2ccc(F)cc2)C(=O)C12CCC2. The Morgan fingerprint density at radius 1 is 1.12 bits per heavy atom. The van der Waals surface area contributed by atoms with E-state index in [2.05, 4.69) is 15.5 Å². The van der Waals surface area contributed by atoms with Gasteiger partial charge in [0, 0.05) is 18.1 Å². The molecule has 0 radical (unpaired) electrons. The molecule has 2 fully saturated rings. The second-order valence-electron chi connectivity index (χ2n) is 8.83. The molecule has 2 atom stereocenters. The molecule has 0 unspecified atom stereocenters. The normalized spacial score (nSPS) is 23.2. The Morgan fingerprint density at radius 3 is 2.48 bits per heavy atom. The number of likely N-dealkylation sites (N-methyl/N-ethyl adjacent to an activating group) is 1. The van der Waals surface area contributed by atoms with Crippen LogP contribution in [0.25, 0.3) is 10.8 Å². The third kappa shape index (κ3) is 2.64. The number of nitrogens with zero attached hydrogens (tertiary/aromatic N) is 3. The number of hydrogen-bond donors (Lipinski definition) is 2. The summed E-state index contributed by atoms with van der Waals surface area (Å²) in [6.45, 7) is 0. The summed E-state index contributed by atoms with van der Waals surface area (Å²) < 4.78 is 28.1. The summed E-state index contributed by atoms with van der Waals surface area (Å²) in [6.07, 6.45) is 2.34. The van der Waals surface area contributed by atoms with Crippen LogP contribution >= 0.6 is 12.2 Å². The number of thiocarbonyl (C=S) groups is 1. The third-order valence-corrected chi connectivity index (χ3v) is 7.70. The van der Waals surface area contributed by atoms with Crippen LogP contribution in [0.1, 0.15) is 42.6 Å². The molecule has 3 aliphatic rings. The smallest absolute Gasteiger partial charge is 0.272 e. The van der Waals surface area contributed by atoms with E-state index in [1.165, 1.54) is 18.2 Å². The van der Waals surface area contributed by atoms with Crippen LogP contribution in [0, 0.1) is 11.6 Å². The quantitative estimate of drug-likeness (QED) is 0.563. The number of halogens is 2. The molecule has 1 aliphatic carbocycles. The fourth-order valence-electron chi connectivity index (χ4n) is 5.33. The fourth-order valence-corrected chi connectivity index (χ4v) is 5.71. The molecule has 10 heteroatoms. The van der Waals surface area contributed by atoms with Gasteiger partial charge in [-0.15, -0.1) is 0 Å². The van der Waals surface area contributed by atoms with E-state index in [1.54, 1.807) is 17.0 Å². The minimum atomic E-state index is -0.727. The average Bonchev–Trinajstić information content (AvgIpc) is 2.96. The maximum absolute atomic E-state index is 14.4. The predicted molar refractivity (Wildman–Crippen MR) is 122 cm³/mol. The Balaban J connectivity index is 1.61. The van der Waals surface area contributed by atoms with Crippen LogP contribution in [0.4, 0.5) is 14.5 Å². The van der Waals surface area contributed by atoms with Crippen molar-refractivity contribution in [2.45, 2.75) is 36.9 Å². The van der Waals surface area contributed by atoms with Gasteiger partial charge in [0.1, 0.15) is 23.2 Å². The summed E-state index contributed by atoms with van der Waals surface area (Å²) in [6, 6.07) is 7.00. The van der Waals surface area contributed by atoms with Crippen molar-refractivity contribution in [2.24, 2.45) is 0 Å². The fraction of sp³-hybridized carbons (Fsp3) is 0.304. The molecule has 1 aromatic heterocycles. The van der Waals surface area contributed by atoms with Crippen LogP contribution in [0.2, 0.25) is 0 Å². The summed E-state index contributed by atoms with van der Waals surface area (Å²) in [5, 5.41) is 11.0. The Kier molecular flexibility index (Phi) is 4.17. The highest BCUT2D eigenvalue weighted by atomic mass is 32.1. The van der Waals surface area contributed by atoms with Gasteiger partial charge in [-0.3, -0.25) is 14.5 Å². The van der Waals surface area contributed by atoms with E-state index < -0.39 is 34.8 Å². The Labute approximate surface area is 192 Å². The van der Waals surface area contributed by atoms with E-state index in [0.29, 0.717) is 40.3 Å². The van der Waals surface area contributed by atoms with E-state index in [1.807, 2.05) is 11.9 Å². The molecule has 3 aromatic rings.